The van der Waals surface area contributed by atoms with Crippen molar-refractivity contribution in [2.24, 2.45) is 10.9 Å². The molecule has 0 saturated heterocycles. The monoisotopic (exact) mass is 384 g/mol. The lowest BCUT2D eigenvalue weighted by atomic mass is 9.88. The van der Waals surface area contributed by atoms with Crippen molar-refractivity contribution in [2.75, 3.05) is 6.54 Å². The van der Waals surface area contributed by atoms with E-state index in [1.165, 1.54) is 51.4 Å². The molecule has 1 aromatic rings. The van der Waals surface area contributed by atoms with Crippen molar-refractivity contribution in [3.8, 4) is 0 Å². The predicted octanol–water partition coefficient (Wildman–Crippen LogP) is 4.60. The molecule has 1 saturated carbocycles. The summed E-state index contributed by atoms with van der Waals surface area (Å²) in [7, 11) is 0. The van der Waals surface area contributed by atoms with Crippen LogP contribution in [0.15, 0.2) is 23.2 Å². The molecule has 0 aromatic heterocycles. The molecule has 1 aliphatic carbocycles. The van der Waals surface area contributed by atoms with Crippen molar-refractivity contribution in [1.82, 2.24) is 4.90 Å². The number of carbonyl (C=O) groups is 3. The molecule has 1 fully saturated rings. The van der Waals surface area contributed by atoms with Crippen molar-refractivity contribution in [3.05, 3.63) is 29.3 Å². The van der Waals surface area contributed by atoms with Crippen LogP contribution in [0.3, 0.4) is 0 Å². The Balaban J connectivity index is 1.52. The molecule has 2 amide bonds. The fourth-order valence-corrected chi connectivity index (χ4v) is 4.14. The largest absolute Gasteiger partial charge is 0.480 e. The third-order valence-electron chi connectivity index (χ3n) is 5.66. The highest BCUT2D eigenvalue weighted by Gasteiger charge is 2.36. The number of aliphatic carboxylic acids is 1. The summed E-state index contributed by atoms with van der Waals surface area (Å²) in [6.07, 6.45) is 14.7. The minimum absolute atomic E-state index is 0.232. The average molecular weight is 384 g/mol. The van der Waals surface area contributed by atoms with E-state index in [0.29, 0.717) is 5.69 Å². The second-order valence-electron chi connectivity index (χ2n) is 7.77. The van der Waals surface area contributed by atoms with E-state index in [9.17, 15) is 14.4 Å². The maximum absolute atomic E-state index is 12.3. The molecule has 28 heavy (non-hydrogen) atoms. The van der Waals surface area contributed by atoms with E-state index in [1.54, 1.807) is 18.2 Å². The number of carboxylic acids is 1. The van der Waals surface area contributed by atoms with Crippen molar-refractivity contribution >= 4 is 29.7 Å². The van der Waals surface area contributed by atoms with E-state index >= 15 is 0 Å². The second kappa shape index (κ2) is 9.62. The fourth-order valence-electron chi connectivity index (χ4n) is 4.14. The van der Waals surface area contributed by atoms with Gasteiger partial charge in [-0.2, -0.15) is 0 Å². The van der Waals surface area contributed by atoms with Gasteiger partial charge in [-0.05, 0) is 37.0 Å². The standard InChI is InChI=1S/C22H28N2O4/c25-20(26)15-24-21(27)18-12-11-17(14-19(18)22(24)28)23-13-7-6-10-16-8-4-2-1-3-5-9-16/h11-14,16H,1-10,15H2,(H,25,26)/b23-13-. The van der Waals surface area contributed by atoms with E-state index < -0.39 is 24.3 Å². The SMILES string of the molecule is O=C(O)CN1C(=O)c2ccc(/N=C\CCCC3CCCCCCC3)cc2C1=O. The molecular formula is C22H28N2O4. The third-order valence-corrected chi connectivity index (χ3v) is 5.66. The summed E-state index contributed by atoms with van der Waals surface area (Å²) in [6.45, 7) is -0.619. The zero-order valence-corrected chi connectivity index (χ0v) is 16.2. The van der Waals surface area contributed by atoms with Crippen molar-refractivity contribution in [3.63, 3.8) is 0 Å². The Hall–Kier alpha value is -2.50. The lowest BCUT2D eigenvalue weighted by molar-refractivity contribution is -0.137. The first-order chi connectivity index (χ1) is 13.6. The number of hydrogen-bond acceptors (Lipinski definition) is 4. The smallest absolute Gasteiger partial charge is 0.323 e. The molecule has 0 unspecified atom stereocenters. The number of amides is 2. The Labute approximate surface area is 165 Å². The minimum Gasteiger partial charge on any atom is -0.480 e. The number of carboxylic acid groups (broad SMARTS) is 1. The topological polar surface area (TPSA) is 87.0 Å². The lowest BCUT2D eigenvalue weighted by Crippen LogP contribution is -2.34. The maximum Gasteiger partial charge on any atom is 0.323 e. The summed E-state index contributed by atoms with van der Waals surface area (Å²) in [5.41, 5.74) is 1.09. The summed E-state index contributed by atoms with van der Waals surface area (Å²) in [5, 5.41) is 8.86. The molecule has 6 heteroatoms. The van der Waals surface area contributed by atoms with Crippen LogP contribution in [0.25, 0.3) is 0 Å². The normalized spacial score (nSPS) is 18.4. The van der Waals surface area contributed by atoms with Gasteiger partial charge in [-0.3, -0.25) is 24.3 Å². The quantitative estimate of drug-likeness (QED) is 0.423. The van der Waals surface area contributed by atoms with Crippen LogP contribution in [0.1, 0.15) is 84.9 Å². The number of benzene rings is 1. The zero-order valence-electron chi connectivity index (χ0n) is 16.2. The van der Waals surface area contributed by atoms with Gasteiger partial charge in [0.05, 0.1) is 16.8 Å². The van der Waals surface area contributed by atoms with Crippen LogP contribution in [-0.2, 0) is 4.79 Å². The second-order valence-corrected chi connectivity index (χ2v) is 7.77. The number of hydrogen-bond donors (Lipinski definition) is 1. The molecule has 1 heterocycles. The lowest BCUT2D eigenvalue weighted by Gasteiger charge is -2.18. The van der Waals surface area contributed by atoms with Crippen LogP contribution in [0, 0.1) is 5.92 Å². The van der Waals surface area contributed by atoms with Crippen LogP contribution in [-0.4, -0.2) is 40.5 Å². The van der Waals surface area contributed by atoms with Gasteiger partial charge in [-0.15, -0.1) is 0 Å². The van der Waals surface area contributed by atoms with Gasteiger partial charge < -0.3 is 5.11 Å². The van der Waals surface area contributed by atoms with Gasteiger partial charge in [0.15, 0.2) is 0 Å². The molecule has 1 aliphatic heterocycles. The Kier molecular flexibility index (Phi) is 6.95. The van der Waals surface area contributed by atoms with E-state index in [1.807, 2.05) is 6.21 Å². The molecular weight excluding hydrogens is 356 g/mol. The fraction of sp³-hybridized carbons (Fsp3) is 0.545. The van der Waals surface area contributed by atoms with Crippen molar-refractivity contribution in [2.45, 2.75) is 64.2 Å². The summed E-state index contributed by atoms with van der Waals surface area (Å²) in [6, 6.07) is 4.82. The molecule has 150 valence electrons. The Morgan fingerprint density at radius 1 is 1.07 bits per heavy atom. The van der Waals surface area contributed by atoms with Gasteiger partial charge in [-0.25, -0.2) is 0 Å². The molecule has 0 spiro atoms. The van der Waals surface area contributed by atoms with Crippen molar-refractivity contribution < 1.29 is 19.5 Å². The number of carbonyl (C=O) groups excluding carboxylic acids is 2. The number of imide groups is 1. The number of fused-ring (bicyclic) bond motifs is 1. The van der Waals surface area contributed by atoms with Crippen LogP contribution in [0.2, 0.25) is 0 Å². The summed E-state index contributed by atoms with van der Waals surface area (Å²) in [5.74, 6) is -1.49. The maximum atomic E-state index is 12.3. The summed E-state index contributed by atoms with van der Waals surface area (Å²) >= 11 is 0. The zero-order chi connectivity index (χ0) is 19.9. The first-order valence-corrected chi connectivity index (χ1v) is 10.3. The van der Waals surface area contributed by atoms with Gasteiger partial charge in [0.1, 0.15) is 6.54 Å². The number of unbranched alkanes of at least 4 members (excludes halogenated alkanes) is 1. The van der Waals surface area contributed by atoms with Gasteiger partial charge in [0.25, 0.3) is 11.8 Å². The predicted molar refractivity (Wildman–Crippen MR) is 107 cm³/mol. The number of rotatable bonds is 7. The highest BCUT2D eigenvalue weighted by molar-refractivity contribution is 6.22. The first-order valence-electron chi connectivity index (χ1n) is 10.3. The molecule has 6 nitrogen and oxygen atoms in total. The van der Waals surface area contributed by atoms with Gasteiger partial charge in [0.2, 0.25) is 0 Å². The third kappa shape index (κ3) is 5.06. The Bertz CT molecular complexity index is 764. The Morgan fingerprint density at radius 2 is 1.75 bits per heavy atom. The summed E-state index contributed by atoms with van der Waals surface area (Å²) in [4.78, 5) is 40.5. The molecule has 2 aliphatic rings. The van der Waals surface area contributed by atoms with Crippen molar-refractivity contribution in [1.29, 1.82) is 0 Å². The first kappa shape index (κ1) is 20.2. The Morgan fingerprint density at radius 3 is 2.46 bits per heavy atom. The minimum atomic E-state index is -1.21. The number of aliphatic imine (C=N–C) groups is 1. The van der Waals surface area contributed by atoms with E-state index in [-0.39, 0.29) is 11.1 Å². The van der Waals surface area contributed by atoms with Gasteiger partial charge in [-0.1, -0.05) is 51.4 Å². The molecule has 1 N–H and O–H groups in total. The van der Waals surface area contributed by atoms with E-state index in [4.69, 9.17) is 5.11 Å². The number of nitrogens with zero attached hydrogens (tertiary/aromatic N) is 2. The van der Waals surface area contributed by atoms with Crippen LogP contribution >= 0.6 is 0 Å². The molecule has 3 rings (SSSR count). The van der Waals surface area contributed by atoms with Crippen LogP contribution in [0.4, 0.5) is 5.69 Å². The van der Waals surface area contributed by atoms with E-state index in [2.05, 4.69) is 4.99 Å². The van der Waals surface area contributed by atoms with Crippen LogP contribution in [0.5, 0.6) is 0 Å². The van der Waals surface area contributed by atoms with Crippen LogP contribution < -0.4 is 0 Å². The molecule has 0 atom stereocenters. The van der Waals surface area contributed by atoms with E-state index in [0.717, 1.165) is 23.7 Å². The molecule has 0 bridgehead atoms. The molecule has 0 radical (unpaired) electrons. The highest BCUT2D eigenvalue weighted by atomic mass is 16.4. The van der Waals surface area contributed by atoms with Gasteiger partial charge in [0, 0.05) is 6.21 Å². The highest BCUT2D eigenvalue weighted by Crippen LogP contribution is 2.28. The average Bonchev–Trinajstić information content (AvgIpc) is 2.87. The summed E-state index contributed by atoms with van der Waals surface area (Å²) < 4.78 is 0. The molecule has 1 aromatic carbocycles. The van der Waals surface area contributed by atoms with Gasteiger partial charge >= 0.3 is 5.97 Å².